The third-order valence-electron chi connectivity index (χ3n) is 3.25. The molecule has 0 heterocycles. The largest absolute Gasteiger partial charge is 0.534 e. The first-order valence-electron chi connectivity index (χ1n) is 7.61. The van der Waals surface area contributed by atoms with Gasteiger partial charge in [-0.05, 0) is 56.5 Å². The minimum Gasteiger partial charge on any atom is -0.444 e. The molecule has 1 aromatic rings. The molecule has 0 aliphatic heterocycles. The summed E-state index contributed by atoms with van der Waals surface area (Å²) < 4.78 is 68.6. The number of aryl methyl sites for hydroxylation is 1. The fourth-order valence-corrected chi connectivity index (χ4v) is 2.73. The highest BCUT2D eigenvalue weighted by molar-refractivity contribution is 7.87. The van der Waals surface area contributed by atoms with Crippen LogP contribution >= 0.6 is 0 Å². The molecule has 0 fully saturated rings. The van der Waals surface area contributed by atoms with Crippen molar-refractivity contribution in [1.82, 2.24) is 0 Å². The van der Waals surface area contributed by atoms with Crippen molar-refractivity contribution in [3.63, 3.8) is 0 Å². The second kappa shape index (κ2) is 6.82. The Bertz CT molecular complexity index is 838. The standard InChI is InChI=1S/C16H18F3NO5S/c1-15(2,3)24-14(21)20-12-6-4-11-9-13(7-5-10(11)8-12)25-26(22,23)16(17,18)19/h4,6,8-9H,5,7H2,1-3H3,(H,20,21). The van der Waals surface area contributed by atoms with Gasteiger partial charge in [0.25, 0.3) is 0 Å². The summed E-state index contributed by atoms with van der Waals surface area (Å²) in [5, 5.41) is 2.56. The number of rotatable bonds is 3. The van der Waals surface area contributed by atoms with Gasteiger partial charge in [-0.2, -0.15) is 21.6 Å². The number of hydrogen-bond donors (Lipinski definition) is 1. The molecule has 1 N–H and O–H groups in total. The lowest BCUT2D eigenvalue weighted by Gasteiger charge is -2.21. The molecule has 10 heteroatoms. The monoisotopic (exact) mass is 393 g/mol. The van der Waals surface area contributed by atoms with Crippen LogP contribution in [-0.4, -0.2) is 25.6 Å². The Morgan fingerprint density at radius 2 is 1.81 bits per heavy atom. The van der Waals surface area contributed by atoms with Gasteiger partial charge in [-0.3, -0.25) is 5.32 Å². The molecule has 1 aliphatic carbocycles. The molecule has 0 bridgehead atoms. The van der Waals surface area contributed by atoms with E-state index in [4.69, 9.17) is 4.74 Å². The summed E-state index contributed by atoms with van der Waals surface area (Å²) in [5.74, 6) is -0.289. The number of carbonyl (C=O) groups excluding carboxylic acids is 1. The highest BCUT2D eigenvalue weighted by Crippen LogP contribution is 2.32. The van der Waals surface area contributed by atoms with Gasteiger partial charge in [-0.25, -0.2) is 4.79 Å². The maximum atomic E-state index is 12.4. The van der Waals surface area contributed by atoms with Gasteiger partial charge < -0.3 is 8.92 Å². The third-order valence-corrected chi connectivity index (χ3v) is 4.25. The van der Waals surface area contributed by atoms with E-state index in [1.807, 2.05) is 0 Å². The lowest BCUT2D eigenvalue weighted by Crippen LogP contribution is -2.27. The van der Waals surface area contributed by atoms with Crippen LogP contribution in [0.1, 0.15) is 38.3 Å². The molecule has 2 rings (SSSR count). The zero-order chi connectivity index (χ0) is 19.8. The number of nitrogens with one attached hydrogen (secondary N) is 1. The van der Waals surface area contributed by atoms with E-state index in [-0.39, 0.29) is 18.6 Å². The molecule has 0 saturated heterocycles. The summed E-state index contributed by atoms with van der Waals surface area (Å²) >= 11 is 0. The summed E-state index contributed by atoms with van der Waals surface area (Å²) in [7, 11) is -5.68. The second-order valence-corrected chi connectivity index (χ2v) is 8.17. The highest BCUT2D eigenvalue weighted by Gasteiger charge is 2.48. The van der Waals surface area contributed by atoms with Crippen LogP contribution in [0.3, 0.4) is 0 Å². The van der Waals surface area contributed by atoms with Gasteiger partial charge >= 0.3 is 21.7 Å². The summed E-state index contributed by atoms with van der Waals surface area (Å²) in [5.41, 5.74) is -4.43. The molecule has 0 aromatic heterocycles. The maximum Gasteiger partial charge on any atom is 0.534 e. The van der Waals surface area contributed by atoms with E-state index in [2.05, 4.69) is 9.50 Å². The molecule has 6 nitrogen and oxygen atoms in total. The van der Waals surface area contributed by atoms with Crippen LogP contribution in [0.2, 0.25) is 0 Å². The predicted molar refractivity (Wildman–Crippen MR) is 88.7 cm³/mol. The number of allylic oxidation sites excluding steroid dienone is 1. The topological polar surface area (TPSA) is 81.7 Å². The van der Waals surface area contributed by atoms with Crippen molar-refractivity contribution in [2.75, 3.05) is 5.32 Å². The van der Waals surface area contributed by atoms with Crippen molar-refractivity contribution < 1.29 is 35.3 Å². The Morgan fingerprint density at radius 1 is 1.15 bits per heavy atom. The summed E-state index contributed by atoms with van der Waals surface area (Å²) in [6.45, 7) is 5.17. The third kappa shape index (κ3) is 5.13. The summed E-state index contributed by atoms with van der Waals surface area (Å²) in [6.07, 6.45) is 0.847. The van der Waals surface area contributed by atoms with Crippen LogP contribution in [0.4, 0.5) is 23.7 Å². The Kier molecular flexibility index (Phi) is 5.27. The summed E-state index contributed by atoms with van der Waals surface area (Å²) in [6, 6.07) is 4.72. The second-order valence-electron chi connectivity index (χ2n) is 6.63. The fourth-order valence-electron chi connectivity index (χ4n) is 2.22. The van der Waals surface area contributed by atoms with E-state index in [0.29, 0.717) is 11.3 Å². The highest BCUT2D eigenvalue weighted by atomic mass is 32.2. The number of ether oxygens (including phenoxy) is 1. The molecule has 26 heavy (non-hydrogen) atoms. The van der Waals surface area contributed by atoms with Gasteiger partial charge in [0.2, 0.25) is 0 Å². The quantitative estimate of drug-likeness (QED) is 0.615. The average Bonchev–Trinajstić information content (AvgIpc) is 2.43. The molecule has 0 saturated carbocycles. The van der Waals surface area contributed by atoms with Crippen LogP contribution in [0.15, 0.2) is 24.0 Å². The number of alkyl halides is 3. The smallest absolute Gasteiger partial charge is 0.444 e. The number of fused-ring (bicyclic) bond motifs is 1. The molecular weight excluding hydrogens is 375 g/mol. The van der Waals surface area contributed by atoms with E-state index in [1.165, 1.54) is 12.1 Å². The van der Waals surface area contributed by atoms with Crippen LogP contribution < -0.4 is 5.32 Å². The zero-order valence-corrected chi connectivity index (χ0v) is 15.1. The molecule has 1 aliphatic rings. The van der Waals surface area contributed by atoms with Crippen molar-refractivity contribution >= 4 is 28.0 Å². The Balaban J connectivity index is 2.14. The van der Waals surface area contributed by atoms with Gasteiger partial charge in [0, 0.05) is 12.1 Å². The molecule has 144 valence electrons. The van der Waals surface area contributed by atoms with Crippen LogP contribution in [0, 0.1) is 0 Å². The number of carbonyl (C=O) groups is 1. The predicted octanol–water partition coefficient (Wildman–Crippen LogP) is 4.19. The van der Waals surface area contributed by atoms with Gasteiger partial charge in [-0.1, -0.05) is 6.07 Å². The lowest BCUT2D eigenvalue weighted by molar-refractivity contribution is -0.0522. The number of amides is 1. The molecule has 0 unspecified atom stereocenters. The summed E-state index contributed by atoms with van der Waals surface area (Å²) in [4.78, 5) is 11.8. The van der Waals surface area contributed by atoms with Crippen LogP contribution in [-0.2, 0) is 25.5 Å². The Labute approximate surface area is 149 Å². The first kappa shape index (κ1) is 20.1. The minimum atomic E-state index is -5.68. The number of halogens is 3. The number of anilines is 1. The van der Waals surface area contributed by atoms with Crippen molar-refractivity contribution in [2.45, 2.75) is 44.7 Å². The van der Waals surface area contributed by atoms with Gasteiger partial charge in [0.05, 0.1) is 0 Å². The normalized spacial score (nSPS) is 14.9. The lowest BCUT2D eigenvalue weighted by atomic mass is 9.96. The Morgan fingerprint density at radius 3 is 2.38 bits per heavy atom. The molecular formula is C16H18F3NO5S. The molecule has 1 amide bonds. The number of benzene rings is 1. The molecule has 0 atom stereocenters. The van der Waals surface area contributed by atoms with E-state index in [0.717, 1.165) is 5.56 Å². The van der Waals surface area contributed by atoms with Crippen molar-refractivity contribution in [1.29, 1.82) is 0 Å². The van der Waals surface area contributed by atoms with Gasteiger partial charge in [0.15, 0.2) is 0 Å². The van der Waals surface area contributed by atoms with Crippen LogP contribution in [0.5, 0.6) is 0 Å². The molecule has 0 radical (unpaired) electrons. The zero-order valence-electron chi connectivity index (χ0n) is 14.3. The number of hydrogen-bond acceptors (Lipinski definition) is 5. The Hall–Kier alpha value is -2.23. The van der Waals surface area contributed by atoms with Crippen molar-refractivity contribution in [3.8, 4) is 0 Å². The minimum absolute atomic E-state index is 0.0157. The van der Waals surface area contributed by atoms with Crippen molar-refractivity contribution in [3.05, 3.63) is 35.1 Å². The van der Waals surface area contributed by atoms with E-state index >= 15 is 0 Å². The van der Waals surface area contributed by atoms with E-state index < -0.39 is 27.3 Å². The molecule has 1 aromatic carbocycles. The van der Waals surface area contributed by atoms with Crippen molar-refractivity contribution in [2.24, 2.45) is 0 Å². The van der Waals surface area contributed by atoms with Gasteiger partial charge in [-0.15, -0.1) is 0 Å². The first-order valence-corrected chi connectivity index (χ1v) is 9.02. The SMILES string of the molecule is CC(C)(C)OC(=O)Nc1ccc2c(c1)CCC(OS(=O)(=O)C(F)(F)F)=C2. The van der Waals surface area contributed by atoms with E-state index in [9.17, 15) is 26.4 Å². The molecule has 0 spiro atoms. The van der Waals surface area contributed by atoms with E-state index in [1.54, 1.807) is 32.9 Å². The first-order chi connectivity index (χ1) is 11.8. The van der Waals surface area contributed by atoms with Crippen LogP contribution in [0.25, 0.3) is 6.08 Å². The average molecular weight is 393 g/mol. The maximum absolute atomic E-state index is 12.4. The van der Waals surface area contributed by atoms with Gasteiger partial charge in [0.1, 0.15) is 11.4 Å². The fraction of sp³-hybridized carbons (Fsp3) is 0.438.